The molecule has 0 radical (unpaired) electrons. The predicted molar refractivity (Wildman–Crippen MR) is 54.3 cm³/mol. The van der Waals surface area contributed by atoms with Gasteiger partial charge in [0.05, 0.1) is 23.2 Å². The van der Waals surface area contributed by atoms with Crippen molar-refractivity contribution in [1.29, 1.82) is 0 Å². The van der Waals surface area contributed by atoms with E-state index in [0.717, 1.165) is 0 Å². The van der Waals surface area contributed by atoms with Crippen molar-refractivity contribution in [3.8, 4) is 0 Å². The molecule has 0 bridgehead atoms. The van der Waals surface area contributed by atoms with Crippen LogP contribution in [0.25, 0.3) is 0 Å². The Morgan fingerprint density at radius 1 is 1.71 bits per heavy atom. The van der Waals surface area contributed by atoms with Gasteiger partial charge in [0.15, 0.2) is 0 Å². The topological polar surface area (TPSA) is 39.2 Å². The standard InChI is InChI=1S/C10H12ClNO2/c1-3-14-10(13)7(2)9-8(11)5-4-6-12-9/h4-7H,3H2,1-2H3. The molecule has 76 valence electrons. The first-order valence-electron chi connectivity index (χ1n) is 4.43. The summed E-state index contributed by atoms with van der Waals surface area (Å²) in [6, 6.07) is 3.43. The molecule has 0 amide bonds. The number of carbonyl (C=O) groups is 1. The maximum absolute atomic E-state index is 11.4. The Bertz CT molecular complexity index is 328. The van der Waals surface area contributed by atoms with Gasteiger partial charge in [0, 0.05) is 6.20 Å². The Kier molecular flexibility index (Phi) is 3.89. The van der Waals surface area contributed by atoms with Crippen LogP contribution in [0.4, 0.5) is 0 Å². The lowest BCUT2D eigenvalue weighted by Gasteiger charge is -2.10. The van der Waals surface area contributed by atoms with Crippen LogP contribution >= 0.6 is 11.6 Å². The molecule has 1 heterocycles. The van der Waals surface area contributed by atoms with E-state index >= 15 is 0 Å². The van der Waals surface area contributed by atoms with Gasteiger partial charge in [-0.1, -0.05) is 11.6 Å². The van der Waals surface area contributed by atoms with Crippen LogP contribution in [0.15, 0.2) is 18.3 Å². The highest BCUT2D eigenvalue weighted by Gasteiger charge is 2.19. The van der Waals surface area contributed by atoms with Crippen molar-refractivity contribution in [2.75, 3.05) is 6.61 Å². The number of ether oxygens (including phenoxy) is 1. The molecule has 1 rings (SSSR count). The number of halogens is 1. The van der Waals surface area contributed by atoms with Gasteiger partial charge in [-0.2, -0.15) is 0 Å². The minimum absolute atomic E-state index is 0.298. The number of rotatable bonds is 3. The second kappa shape index (κ2) is 4.96. The van der Waals surface area contributed by atoms with Gasteiger partial charge < -0.3 is 4.74 Å². The monoisotopic (exact) mass is 213 g/mol. The second-order valence-electron chi connectivity index (χ2n) is 2.84. The van der Waals surface area contributed by atoms with E-state index in [9.17, 15) is 4.79 Å². The summed E-state index contributed by atoms with van der Waals surface area (Å²) in [5, 5.41) is 0.494. The van der Waals surface area contributed by atoms with E-state index in [1.54, 1.807) is 32.2 Å². The summed E-state index contributed by atoms with van der Waals surface area (Å²) in [5.74, 6) is -0.711. The van der Waals surface area contributed by atoms with Crippen molar-refractivity contribution >= 4 is 17.6 Å². The van der Waals surface area contributed by atoms with Gasteiger partial charge in [-0.15, -0.1) is 0 Å². The lowest BCUT2D eigenvalue weighted by atomic mass is 10.1. The second-order valence-corrected chi connectivity index (χ2v) is 3.25. The maximum atomic E-state index is 11.4. The van der Waals surface area contributed by atoms with Gasteiger partial charge in [0.2, 0.25) is 0 Å². The van der Waals surface area contributed by atoms with Crippen LogP contribution in [0.1, 0.15) is 25.5 Å². The van der Waals surface area contributed by atoms with Crippen LogP contribution in [0.2, 0.25) is 5.02 Å². The fraction of sp³-hybridized carbons (Fsp3) is 0.400. The summed E-state index contributed by atoms with van der Waals surface area (Å²) in [6.45, 7) is 3.87. The van der Waals surface area contributed by atoms with Gasteiger partial charge in [-0.25, -0.2) is 0 Å². The minimum Gasteiger partial charge on any atom is -0.465 e. The first-order valence-corrected chi connectivity index (χ1v) is 4.81. The van der Waals surface area contributed by atoms with Crippen LogP contribution in [-0.4, -0.2) is 17.6 Å². The number of aromatic nitrogens is 1. The molecule has 0 aliphatic heterocycles. The number of esters is 1. The number of carbonyl (C=O) groups excluding carboxylic acids is 1. The van der Waals surface area contributed by atoms with Crippen molar-refractivity contribution < 1.29 is 9.53 Å². The molecule has 3 nitrogen and oxygen atoms in total. The lowest BCUT2D eigenvalue weighted by molar-refractivity contribution is -0.144. The number of hydrogen-bond acceptors (Lipinski definition) is 3. The number of nitrogens with zero attached hydrogens (tertiary/aromatic N) is 1. The number of pyridine rings is 1. The smallest absolute Gasteiger partial charge is 0.314 e. The molecule has 14 heavy (non-hydrogen) atoms. The van der Waals surface area contributed by atoms with Gasteiger partial charge in [0.25, 0.3) is 0 Å². The average molecular weight is 214 g/mol. The molecule has 4 heteroatoms. The maximum Gasteiger partial charge on any atom is 0.314 e. The molecule has 1 aromatic heterocycles. The molecule has 1 aromatic rings. The van der Waals surface area contributed by atoms with Crippen LogP contribution in [0, 0.1) is 0 Å². The SMILES string of the molecule is CCOC(=O)C(C)c1ncccc1Cl. The Labute approximate surface area is 88.1 Å². The highest BCUT2D eigenvalue weighted by molar-refractivity contribution is 6.31. The quantitative estimate of drug-likeness (QED) is 0.724. The summed E-state index contributed by atoms with van der Waals surface area (Å²) in [7, 11) is 0. The third-order valence-electron chi connectivity index (χ3n) is 1.84. The summed E-state index contributed by atoms with van der Waals surface area (Å²) >= 11 is 5.89. The van der Waals surface area contributed by atoms with E-state index in [1.165, 1.54) is 0 Å². The van der Waals surface area contributed by atoms with Crippen molar-refractivity contribution in [1.82, 2.24) is 4.98 Å². The molecule has 0 aromatic carbocycles. The average Bonchev–Trinajstić information content (AvgIpc) is 2.18. The van der Waals surface area contributed by atoms with E-state index in [-0.39, 0.29) is 5.97 Å². The van der Waals surface area contributed by atoms with Crippen molar-refractivity contribution in [3.05, 3.63) is 29.0 Å². The summed E-state index contributed by atoms with van der Waals surface area (Å²) in [6.07, 6.45) is 1.61. The zero-order valence-corrected chi connectivity index (χ0v) is 8.91. The van der Waals surface area contributed by atoms with E-state index < -0.39 is 5.92 Å². The predicted octanol–water partition coefficient (Wildman–Crippen LogP) is 2.40. The van der Waals surface area contributed by atoms with Crippen molar-refractivity contribution in [2.45, 2.75) is 19.8 Å². The fourth-order valence-corrected chi connectivity index (χ4v) is 1.38. The molecule has 0 aliphatic carbocycles. The zero-order chi connectivity index (χ0) is 10.6. The van der Waals surface area contributed by atoms with Crippen LogP contribution in [-0.2, 0) is 9.53 Å². The summed E-state index contributed by atoms with van der Waals surface area (Å²) in [4.78, 5) is 15.4. The van der Waals surface area contributed by atoms with Gasteiger partial charge >= 0.3 is 5.97 Å². The van der Waals surface area contributed by atoms with Gasteiger partial charge in [-0.3, -0.25) is 9.78 Å². The van der Waals surface area contributed by atoms with Crippen LogP contribution < -0.4 is 0 Å². The summed E-state index contributed by atoms with van der Waals surface area (Å²) < 4.78 is 4.88. The summed E-state index contributed by atoms with van der Waals surface area (Å²) in [5.41, 5.74) is 0.563. The van der Waals surface area contributed by atoms with E-state index in [1.807, 2.05) is 0 Å². The molecule has 1 atom stereocenters. The van der Waals surface area contributed by atoms with Crippen molar-refractivity contribution in [2.24, 2.45) is 0 Å². The minimum atomic E-state index is -0.413. The third-order valence-corrected chi connectivity index (χ3v) is 2.16. The molecule has 0 saturated carbocycles. The molecule has 0 fully saturated rings. The first-order chi connectivity index (χ1) is 6.66. The molecule has 1 unspecified atom stereocenters. The third kappa shape index (κ3) is 2.45. The van der Waals surface area contributed by atoms with E-state index in [0.29, 0.717) is 17.3 Å². The largest absolute Gasteiger partial charge is 0.465 e. The Morgan fingerprint density at radius 3 is 3.00 bits per heavy atom. The zero-order valence-electron chi connectivity index (χ0n) is 8.16. The molecular weight excluding hydrogens is 202 g/mol. The van der Waals surface area contributed by atoms with E-state index in [4.69, 9.17) is 16.3 Å². The molecule has 0 N–H and O–H groups in total. The molecular formula is C10H12ClNO2. The van der Waals surface area contributed by atoms with Crippen LogP contribution in [0.5, 0.6) is 0 Å². The van der Waals surface area contributed by atoms with Crippen LogP contribution in [0.3, 0.4) is 0 Å². The molecule has 0 spiro atoms. The molecule has 0 aliphatic rings. The normalized spacial score (nSPS) is 12.2. The molecule has 0 saturated heterocycles. The van der Waals surface area contributed by atoms with E-state index in [2.05, 4.69) is 4.98 Å². The fourth-order valence-electron chi connectivity index (χ4n) is 1.10. The Balaban J connectivity index is 2.84. The Morgan fingerprint density at radius 2 is 2.43 bits per heavy atom. The van der Waals surface area contributed by atoms with Gasteiger partial charge in [-0.05, 0) is 26.0 Å². The number of hydrogen-bond donors (Lipinski definition) is 0. The highest BCUT2D eigenvalue weighted by atomic mass is 35.5. The van der Waals surface area contributed by atoms with Gasteiger partial charge in [0.1, 0.15) is 0 Å². The van der Waals surface area contributed by atoms with Crippen molar-refractivity contribution in [3.63, 3.8) is 0 Å². The highest BCUT2D eigenvalue weighted by Crippen LogP contribution is 2.22. The Hall–Kier alpha value is -1.09. The first kappa shape index (κ1) is 11.0. The lowest BCUT2D eigenvalue weighted by Crippen LogP contribution is -2.14.